The maximum Gasteiger partial charge on any atom is 0.231 e. The van der Waals surface area contributed by atoms with Crippen molar-refractivity contribution < 1.29 is 31.7 Å². The molecule has 1 N–H and O–H groups in total. The molecule has 1 aromatic carbocycles. The summed E-state index contributed by atoms with van der Waals surface area (Å²) < 4.78 is 16.3. The van der Waals surface area contributed by atoms with Crippen molar-refractivity contribution in [1.29, 1.82) is 0 Å². The van der Waals surface area contributed by atoms with E-state index in [1.165, 1.54) is 19.3 Å². The number of fused-ring (bicyclic) bond motifs is 1. The van der Waals surface area contributed by atoms with Gasteiger partial charge in [-0.05, 0) is 37.9 Å². The van der Waals surface area contributed by atoms with Gasteiger partial charge in [0.05, 0.1) is 0 Å². The summed E-state index contributed by atoms with van der Waals surface area (Å²) in [6.45, 7) is 4.54. The molecule has 0 saturated carbocycles. The Labute approximate surface area is 143 Å². The predicted molar refractivity (Wildman–Crippen MR) is 83.6 cm³/mol. The Morgan fingerprint density at radius 2 is 2.13 bits per heavy atom. The zero-order valence-corrected chi connectivity index (χ0v) is 14.3. The van der Waals surface area contributed by atoms with Gasteiger partial charge >= 0.3 is 0 Å². The zero-order valence-electron chi connectivity index (χ0n) is 13.5. The number of nitrogens with zero attached hydrogens (tertiary/aromatic N) is 1. The summed E-state index contributed by atoms with van der Waals surface area (Å²) in [6, 6.07) is 6.09. The minimum atomic E-state index is -0.474. The van der Waals surface area contributed by atoms with Crippen molar-refractivity contribution in [1.82, 2.24) is 4.90 Å². The maximum absolute atomic E-state index is 10.2. The highest BCUT2D eigenvalue weighted by Gasteiger charge is 2.23. The molecule has 0 spiro atoms. The number of likely N-dealkylation sites (tertiary alicyclic amines) is 1. The van der Waals surface area contributed by atoms with Crippen LogP contribution in [0.4, 0.5) is 0 Å². The summed E-state index contributed by atoms with van der Waals surface area (Å²) in [5.41, 5.74) is 0. The molecule has 1 fully saturated rings. The monoisotopic (exact) mass is 342 g/mol. The van der Waals surface area contributed by atoms with Gasteiger partial charge in [-0.3, -0.25) is 4.90 Å². The average Bonchev–Trinajstić information content (AvgIpc) is 3.01. The number of piperidine rings is 1. The van der Waals surface area contributed by atoms with Crippen LogP contribution < -0.4 is 26.6 Å². The van der Waals surface area contributed by atoms with Gasteiger partial charge in [0.25, 0.3) is 0 Å². The smallest absolute Gasteiger partial charge is 0.231 e. The van der Waals surface area contributed by atoms with Crippen molar-refractivity contribution in [2.75, 3.05) is 26.5 Å². The van der Waals surface area contributed by atoms with E-state index < -0.39 is 6.10 Å². The van der Waals surface area contributed by atoms with Crippen molar-refractivity contribution in [2.24, 2.45) is 0 Å². The Balaban J connectivity index is 0.00000192. The largest absolute Gasteiger partial charge is 1.00 e. The maximum atomic E-state index is 10.2. The van der Waals surface area contributed by atoms with Crippen molar-refractivity contribution in [2.45, 2.75) is 44.8 Å². The third-order valence-electron chi connectivity index (χ3n) is 4.45. The van der Waals surface area contributed by atoms with Gasteiger partial charge in [0.1, 0.15) is 18.5 Å². The van der Waals surface area contributed by atoms with Crippen LogP contribution in [-0.2, 0) is 0 Å². The Morgan fingerprint density at radius 3 is 2.96 bits per heavy atom. The molecule has 0 aliphatic carbocycles. The number of ether oxygens (including phenoxy) is 3. The highest BCUT2D eigenvalue weighted by molar-refractivity contribution is 5.46. The van der Waals surface area contributed by atoms with Crippen LogP contribution in [0.2, 0.25) is 0 Å². The van der Waals surface area contributed by atoms with Gasteiger partial charge in [-0.25, -0.2) is 0 Å². The van der Waals surface area contributed by atoms with E-state index in [1.54, 1.807) is 0 Å². The van der Waals surface area contributed by atoms with Crippen molar-refractivity contribution in [3.8, 4) is 17.2 Å². The number of aliphatic hydroxyl groups is 1. The summed E-state index contributed by atoms with van der Waals surface area (Å²) in [4.78, 5) is 2.40. The summed E-state index contributed by atoms with van der Waals surface area (Å²) >= 11 is 0. The third kappa shape index (κ3) is 4.66. The lowest BCUT2D eigenvalue weighted by Gasteiger charge is -2.36. The standard InChI is InChI=1S/C17H25NO4.ClH/c1-2-13-5-3-4-8-18(13)10-14(19)11-20-15-6-7-16-17(9-15)22-12-21-16;/h6-7,9,13-14,19H,2-5,8,10-12H2,1H3;1H/p-1. The van der Waals surface area contributed by atoms with Gasteiger partial charge in [-0.1, -0.05) is 13.3 Å². The molecule has 0 bridgehead atoms. The van der Waals surface area contributed by atoms with Gasteiger partial charge in [0.2, 0.25) is 6.79 Å². The van der Waals surface area contributed by atoms with E-state index in [4.69, 9.17) is 14.2 Å². The van der Waals surface area contributed by atoms with Crippen LogP contribution in [0.1, 0.15) is 32.6 Å². The van der Waals surface area contributed by atoms with Gasteiger partial charge in [0.15, 0.2) is 11.5 Å². The first-order valence-electron chi connectivity index (χ1n) is 8.21. The minimum Gasteiger partial charge on any atom is -1.00 e. The number of hydrogen-bond donors (Lipinski definition) is 1. The molecule has 2 unspecified atom stereocenters. The summed E-state index contributed by atoms with van der Waals surface area (Å²) in [7, 11) is 0. The van der Waals surface area contributed by atoms with E-state index in [0.717, 1.165) is 18.7 Å². The van der Waals surface area contributed by atoms with Gasteiger partial charge < -0.3 is 31.7 Å². The van der Waals surface area contributed by atoms with Crippen LogP contribution in [0.5, 0.6) is 17.2 Å². The number of aliphatic hydroxyl groups excluding tert-OH is 1. The molecule has 2 aliphatic rings. The van der Waals surface area contributed by atoms with E-state index in [-0.39, 0.29) is 19.2 Å². The lowest BCUT2D eigenvalue weighted by Crippen LogP contribution is -3.00. The van der Waals surface area contributed by atoms with Crippen LogP contribution in [0.3, 0.4) is 0 Å². The van der Waals surface area contributed by atoms with Crippen LogP contribution >= 0.6 is 0 Å². The summed E-state index contributed by atoms with van der Waals surface area (Å²) in [5, 5.41) is 10.2. The molecule has 2 aliphatic heterocycles. The molecule has 5 nitrogen and oxygen atoms in total. The average molecular weight is 343 g/mol. The van der Waals surface area contributed by atoms with E-state index in [0.29, 0.717) is 30.7 Å². The number of rotatable bonds is 6. The Bertz CT molecular complexity index is 499. The van der Waals surface area contributed by atoms with E-state index in [1.807, 2.05) is 18.2 Å². The molecule has 0 radical (unpaired) electrons. The number of benzene rings is 1. The molecule has 1 saturated heterocycles. The topological polar surface area (TPSA) is 51.2 Å². The molecular weight excluding hydrogens is 318 g/mol. The quantitative estimate of drug-likeness (QED) is 0.750. The Kier molecular flexibility index (Phi) is 6.81. The fraction of sp³-hybridized carbons (Fsp3) is 0.647. The highest BCUT2D eigenvalue weighted by Crippen LogP contribution is 2.35. The lowest BCUT2D eigenvalue weighted by molar-refractivity contribution is -0.00000846. The predicted octanol–water partition coefficient (Wildman–Crippen LogP) is -0.576. The first-order valence-corrected chi connectivity index (χ1v) is 8.21. The highest BCUT2D eigenvalue weighted by atomic mass is 35.5. The molecule has 130 valence electrons. The molecular formula is C17H25ClNO4-. The van der Waals surface area contributed by atoms with Crippen LogP contribution in [0.25, 0.3) is 0 Å². The molecule has 6 heteroatoms. The number of β-amino-alcohol motifs (C(OH)–C–C–N with tert-alkyl or cyclic N) is 1. The third-order valence-corrected chi connectivity index (χ3v) is 4.45. The second kappa shape index (κ2) is 8.62. The van der Waals surface area contributed by atoms with Crippen molar-refractivity contribution >= 4 is 0 Å². The molecule has 0 aromatic heterocycles. The fourth-order valence-corrected chi connectivity index (χ4v) is 3.25. The molecule has 2 atom stereocenters. The van der Waals surface area contributed by atoms with Crippen LogP contribution in [0.15, 0.2) is 18.2 Å². The van der Waals surface area contributed by atoms with Gasteiger partial charge in [-0.2, -0.15) is 0 Å². The van der Waals surface area contributed by atoms with Gasteiger partial charge in [0, 0.05) is 18.7 Å². The van der Waals surface area contributed by atoms with Crippen molar-refractivity contribution in [3.05, 3.63) is 18.2 Å². The molecule has 23 heavy (non-hydrogen) atoms. The molecule has 3 rings (SSSR count). The molecule has 0 amide bonds. The number of hydrogen-bond acceptors (Lipinski definition) is 5. The zero-order chi connectivity index (χ0) is 15.4. The molecule has 2 heterocycles. The second-order valence-electron chi connectivity index (χ2n) is 6.03. The van der Waals surface area contributed by atoms with Crippen molar-refractivity contribution in [3.63, 3.8) is 0 Å². The first kappa shape index (κ1) is 18.2. The normalized spacial score (nSPS) is 21.6. The number of halogens is 1. The Morgan fingerprint density at radius 1 is 1.30 bits per heavy atom. The van der Waals surface area contributed by atoms with E-state index in [9.17, 15) is 5.11 Å². The molecule has 1 aromatic rings. The van der Waals surface area contributed by atoms with Crippen LogP contribution in [-0.4, -0.2) is 48.6 Å². The van der Waals surface area contributed by atoms with E-state index in [2.05, 4.69) is 11.8 Å². The van der Waals surface area contributed by atoms with Gasteiger partial charge in [-0.15, -0.1) is 0 Å². The fourth-order valence-electron chi connectivity index (χ4n) is 3.25. The Hall–Kier alpha value is -1.17. The summed E-state index contributed by atoms with van der Waals surface area (Å²) in [5.74, 6) is 2.15. The first-order chi connectivity index (χ1) is 10.8. The van der Waals surface area contributed by atoms with Crippen LogP contribution in [0, 0.1) is 0 Å². The minimum absolute atomic E-state index is 0. The SMILES string of the molecule is CCC1CCCCN1CC(O)COc1ccc2c(c1)OCO2.[Cl-]. The second-order valence-corrected chi connectivity index (χ2v) is 6.03. The lowest BCUT2D eigenvalue weighted by atomic mass is 10.00. The van der Waals surface area contributed by atoms with E-state index >= 15 is 0 Å². The summed E-state index contributed by atoms with van der Waals surface area (Å²) in [6.07, 6.45) is 4.45.